The zero-order valence-corrected chi connectivity index (χ0v) is 13.5. The number of anilines is 1. The molecule has 0 saturated carbocycles. The molecule has 0 spiro atoms. The lowest BCUT2D eigenvalue weighted by Crippen LogP contribution is -2.33. The third-order valence-electron chi connectivity index (χ3n) is 2.68. The van der Waals surface area contributed by atoms with Crippen molar-refractivity contribution in [2.75, 3.05) is 5.32 Å². The Morgan fingerprint density at radius 2 is 1.68 bits per heavy atom. The van der Waals surface area contributed by atoms with Crippen LogP contribution in [0, 0.1) is 5.82 Å². The SMILES string of the molecule is O=C(Nc1ccc(F)cc1)C(=S)NCc1cc(Cl)cc(Cl)c1. The van der Waals surface area contributed by atoms with Gasteiger partial charge < -0.3 is 10.6 Å². The summed E-state index contributed by atoms with van der Waals surface area (Å²) in [6.07, 6.45) is 0. The van der Waals surface area contributed by atoms with Crippen LogP contribution in [-0.4, -0.2) is 10.9 Å². The molecule has 0 radical (unpaired) electrons. The number of hydrogen-bond donors (Lipinski definition) is 2. The average Bonchev–Trinajstić information content (AvgIpc) is 2.46. The molecule has 0 aromatic heterocycles. The van der Waals surface area contributed by atoms with E-state index in [9.17, 15) is 9.18 Å². The summed E-state index contributed by atoms with van der Waals surface area (Å²) in [6, 6.07) is 10.5. The van der Waals surface area contributed by atoms with Gasteiger partial charge in [-0.25, -0.2) is 4.39 Å². The first-order chi connectivity index (χ1) is 10.4. The Morgan fingerprint density at radius 3 is 2.27 bits per heavy atom. The van der Waals surface area contributed by atoms with Crippen LogP contribution in [0.5, 0.6) is 0 Å². The van der Waals surface area contributed by atoms with Crippen molar-refractivity contribution in [2.24, 2.45) is 0 Å². The fraction of sp³-hybridized carbons (Fsp3) is 0.0667. The number of nitrogens with one attached hydrogen (secondary N) is 2. The van der Waals surface area contributed by atoms with Crippen LogP contribution in [0.4, 0.5) is 10.1 Å². The van der Waals surface area contributed by atoms with E-state index >= 15 is 0 Å². The molecule has 1 amide bonds. The minimum Gasteiger partial charge on any atom is -0.368 e. The molecule has 2 rings (SSSR count). The van der Waals surface area contributed by atoms with Crippen molar-refractivity contribution >= 4 is 52.0 Å². The molecule has 2 aromatic rings. The van der Waals surface area contributed by atoms with Crippen molar-refractivity contribution in [3.8, 4) is 0 Å². The van der Waals surface area contributed by atoms with Gasteiger partial charge in [0.1, 0.15) is 5.82 Å². The summed E-state index contributed by atoms with van der Waals surface area (Å²) in [5.41, 5.74) is 1.26. The second kappa shape index (κ2) is 7.54. The molecule has 7 heteroatoms. The molecule has 3 nitrogen and oxygen atoms in total. The average molecular weight is 357 g/mol. The van der Waals surface area contributed by atoms with Gasteiger partial charge in [0.25, 0.3) is 5.91 Å². The van der Waals surface area contributed by atoms with Gasteiger partial charge in [-0.3, -0.25) is 4.79 Å². The first kappa shape index (κ1) is 16.7. The molecular formula is C15H11Cl2FN2OS. The maximum atomic E-state index is 12.8. The molecule has 0 unspecified atom stereocenters. The van der Waals surface area contributed by atoms with Crippen molar-refractivity contribution < 1.29 is 9.18 Å². The van der Waals surface area contributed by atoms with E-state index in [0.29, 0.717) is 22.3 Å². The third-order valence-corrected chi connectivity index (χ3v) is 3.45. The Labute approximate surface area is 142 Å². The summed E-state index contributed by atoms with van der Waals surface area (Å²) < 4.78 is 12.8. The molecule has 2 aromatic carbocycles. The van der Waals surface area contributed by atoms with Crippen LogP contribution in [0.25, 0.3) is 0 Å². The minimum absolute atomic E-state index is 0.0143. The van der Waals surface area contributed by atoms with Crippen molar-refractivity contribution in [1.29, 1.82) is 0 Å². The third kappa shape index (κ3) is 4.94. The van der Waals surface area contributed by atoms with Gasteiger partial charge in [-0.1, -0.05) is 35.4 Å². The molecule has 0 bridgehead atoms. The summed E-state index contributed by atoms with van der Waals surface area (Å²) in [5.74, 6) is -0.855. The van der Waals surface area contributed by atoms with E-state index in [4.69, 9.17) is 35.4 Å². The van der Waals surface area contributed by atoms with Crippen LogP contribution < -0.4 is 10.6 Å². The monoisotopic (exact) mass is 356 g/mol. The molecular weight excluding hydrogens is 346 g/mol. The molecule has 22 heavy (non-hydrogen) atoms. The molecule has 2 N–H and O–H groups in total. The summed E-state index contributed by atoms with van der Waals surface area (Å²) in [6.45, 7) is 0.315. The lowest BCUT2D eigenvalue weighted by Gasteiger charge is -2.09. The number of thiocarbonyl (C=S) groups is 1. The van der Waals surface area contributed by atoms with Crippen molar-refractivity contribution in [1.82, 2.24) is 5.32 Å². The Bertz CT molecular complexity index is 687. The predicted molar refractivity (Wildman–Crippen MR) is 90.9 cm³/mol. The van der Waals surface area contributed by atoms with Crippen LogP contribution in [0.2, 0.25) is 10.0 Å². The normalized spacial score (nSPS) is 10.1. The number of hydrogen-bond acceptors (Lipinski definition) is 2. The zero-order chi connectivity index (χ0) is 16.1. The number of carbonyl (C=O) groups excluding carboxylic acids is 1. The van der Waals surface area contributed by atoms with E-state index in [2.05, 4.69) is 10.6 Å². The van der Waals surface area contributed by atoms with E-state index < -0.39 is 5.91 Å². The maximum absolute atomic E-state index is 12.8. The number of benzene rings is 2. The van der Waals surface area contributed by atoms with E-state index in [1.54, 1.807) is 18.2 Å². The molecule has 0 saturated heterocycles. The van der Waals surface area contributed by atoms with E-state index in [0.717, 1.165) is 5.56 Å². The van der Waals surface area contributed by atoms with Crippen LogP contribution in [0.15, 0.2) is 42.5 Å². The zero-order valence-electron chi connectivity index (χ0n) is 11.2. The highest BCUT2D eigenvalue weighted by atomic mass is 35.5. The minimum atomic E-state index is -0.477. The largest absolute Gasteiger partial charge is 0.368 e. The molecule has 0 aliphatic heterocycles. The molecule has 0 fully saturated rings. The number of halogens is 3. The smallest absolute Gasteiger partial charge is 0.283 e. The topological polar surface area (TPSA) is 41.1 Å². The van der Waals surface area contributed by atoms with Gasteiger partial charge in [0, 0.05) is 22.3 Å². The second-order valence-electron chi connectivity index (χ2n) is 4.42. The quantitative estimate of drug-likeness (QED) is 0.810. The van der Waals surface area contributed by atoms with Crippen molar-refractivity contribution in [2.45, 2.75) is 6.54 Å². The van der Waals surface area contributed by atoms with Crippen molar-refractivity contribution in [3.63, 3.8) is 0 Å². The Balaban J connectivity index is 1.91. The number of rotatable bonds is 3. The second-order valence-corrected chi connectivity index (χ2v) is 5.70. The highest BCUT2D eigenvalue weighted by Gasteiger charge is 2.09. The van der Waals surface area contributed by atoms with Gasteiger partial charge in [-0.05, 0) is 48.0 Å². The molecule has 0 aliphatic carbocycles. The van der Waals surface area contributed by atoms with E-state index in [1.807, 2.05) is 0 Å². The fourth-order valence-electron chi connectivity index (χ4n) is 1.70. The van der Waals surface area contributed by atoms with Gasteiger partial charge in [0.15, 0.2) is 4.99 Å². The highest BCUT2D eigenvalue weighted by Crippen LogP contribution is 2.18. The van der Waals surface area contributed by atoms with Gasteiger partial charge in [-0.15, -0.1) is 0 Å². The Kier molecular flexibility index (Phi) is 5.71. The van der Waals surface area contributed by atoms with Crippen LogP contribution in [-0.2, 0) is 11.3 Å². The van der Waals surface area contributed by atoms with Gasteiger partial charge >= 0.3 is 0 Å². The number of amides is 1. The predicted octanol–water partition coefficient (Wildman–Crippen LogP) is 4.19. The van der Waals surface area contributed by atoms with E-state index in [1.165, 1.54) is 24.3 Å². The maximum Gasteiger partial charge on any atom is 0.283 e. The van der Waals surface area contributed by atoms with Crippen LogP contribution >= 0.6 is 35.4 Å². The van der Waals surface area contributed by atoms with Gasteiger partial charge in [-0.2, -0.15) is 0 Å². The lowest BCUT2D eigenvalue weighted by molar-refractivity contribution is -0.110. The Hall–Kier alpha value is -1.69. The molecule has 0 atom stereocenters. The molecule has 114 valence electrons. The molecule has 0 aliphatic rings. The molecule has 0 heterocycles. The van der Waals surface area contributed by atoms with Crippen LogP contribution in [0.3, 0.4) is 0 Å². The van der Waals surface area contributed by atoms with E-state index in [-0.39, 0.29) is 10.8 Å². The first-order valence-electron chi connectivity index (χ1n) is 6.24. The lowest BCUT2D eigenvalue weighted by atomic mass is 10.2. The highest BCUT2D eigenvalue weighted by molar-refractivity contribution is 7.82. The Morgan fingerprint density at radius 1 is 1.09 bits per heavy atom. The number of carbonyl (C=O) groups is 1. The summed E-state index contributed by atoms with van der Waals surface area (Å²) in [4.78, 5) is 11.9. The van der Waals surface area contributed by atoms with Crippen LogP contribution in [0.1, 0.15) is 5.56 Å². The summed E-state index contributed by atoms with van der Waals surface area (Å²) in [7, 11) is 0. The summed E-state index contributed by atoms with van der Waals surface area (Å²) in [5, 5.41) is 6.39. The standard InChI is InChI=1S/C15H11Cl2FN2OS/c16-10-5-9(6-11(17)7-10)8-19-15(22)14(21)20-13-3-1-12(18)2-4-13/h1-7H,8H2,(H,19,22)(H,20,21). The van der Waals surface area contributed by atoms with Crippen molar-refractivity contribution in [3.05, 3.63) is 63.9 Å². The fourth-order valence-corrected chi connectivity index (χ4v) is 2.39. The summed E-state index contributed by atoms with van der Waals surface area (Å²) >= 11 is 16.8. The first-order valence-corrected chi connectivity index (χ1v) is 7.40. The van der Waals surface area contributed by atoms with Gasteiger partial charge in [0.2, 0.25) is 0 Å². The van der Waals surface area contributed by atoms with Gasteiger partial charge in [0.05, 0.1) is 0 Å².